The van der Waals surface area contributed by atoms with Crippen LogP contribution in [0.15, 0.2) is 97.1 Å². The molecule has 0 radical (unpaired) electrons. The van der Waals surface area contributed by atoms with Crippen LogP contribution in [0.1, 0.15) is 33.4 Å². The SMILES string of the molecule is COc1cc(C#Cc2ccccc2)cc(C#Cc2cc(C#Cc3ccccc3)cc(OC)c2)c1. The minimum absolute atomic E-state index is 0.712. The van der Waals surface area contributed by atoms with Gasteiger partial charge in [0.05, 0.1) is 14.2 Å². The summed E-state index contributed by atoms with van der Waals surface area (Å²) in [7, 11) is 3.28. The number of hydrogen-bond donors (Lipinski definition) is 0. The largest absolute Gasteiger partial charge is 0.497 e. The molecule has 0 heterocycles. The average Bonchev–Trinajstić information content (AvgIpc) is 2.90. The lowest BCUT2D eigenvalue weighted by atomic mass is 10.1. The fourth-order valence-corrected chi connectivity index (χ4v) is 3.20. The maximum atomic E-state index is 5.46. The molecule has 0 aromatic heterocycles. The Bertz CT molecular complexity index is 1350. The predicted molar refractivity (Wildman–Crippen MR) is 137 cm³/mol. The fraction of sp³-hybridized carbons (Fsp3) is 0.0625. The Labute approximate surface area is 201 Å². The highest BCUT2D eigenvalue weighted by Crippen LogP contribution is 2.18. The van der Waals surface area contributed by atoms with Crippen molar-refractivity contribution in [3.63, 3.8) is 0 Å². The van der Waals surface area contributed by atoms with Crippen LogP contribution in [0.25, 0.3) is 0 Å². The molecule has 0 bridgehead atoms. The summed E-state index contributed by atoms with van der Waals surface area (Å²) in [4.78, 5) is 0. The molecule has 2 nitrogen and oxygen atoms in total. The van der Waals surface area contributed by atoms with Crippen LogP contribution >= 0.6 is 0 Å². The van der Waals surface area contributed by atoms with Crippen molar-refractivity contribution < 1.29 is 9.47 Å². The zero-order valence-corrected chi connectivity index (χ0v) is 19.1. The molecular formula is C32H22O2. The Hall–Kier alpha value is -4.84. The van der Waals surface area contributed by atoms with Crippen LogP contribution in [0.2, 0.25) is 0 Å². The fourth-order valence-electron chi connectivity index (χ4n) is 3.20. The van der Waals surface area contributed by atoms with Gasteiger partial charge < -0.3 is 9.47 Å². The molecule has 4 rings (SSSR count). The Balaban J connectivity index is 1.64. The van der Waals surface area contributed by atoms with Crippen molar-refractivity contribution in [1.82, 2.24) is 0 Å². The summed E-state index contributed by atoms with van der Waals surface area (Å²) in [5.74, 6) is 20.6. The molecule has 0 unspecified atom stereocenters. The van der Waals surface area contributed by atoms with E-state index < -0.39 is 0 Å². The zero-order chi connectivity index (χ0) is 23.6. The lowest BCUT2D eigenvalue weighted by Crippen LogP contribution is -1.88. The maximum Gasteiger partial charge on any atom is 0.121 e. The molecule has 0 fully saturated rings. The third-order valence-electron chi connectivity index (χ3n) is 4.89. The monoisotopic (exact) mass is 438 g/mol. The Morgan fingerprint density at radius 1 is 0.382 bits per heavy atom. The van der Waals surface area contributed by atoms with E-state index in [1.165, 1.54) is 0 Å². The van der Waals surface area contributed by atoms with E-state index in [0.717, 1.165) is 33.4 Å². The molecule has 0 aliphatic carbocycles. The van der Waals surface area contributed by atoms with Gasteiger partial charge in [-0.3, -0.25) is 0 Å². The van der Waals surface area contributed by atoms with E-state index in [4.69, 9.17) is 9.47 Å². The van der Waals surface area contributed by atoms with Crippen LogP contribution in [0.4, 0.5) is 0 Å². The van der Waals surface area contributed by atoms with Crippen LogP contribution in [0.3, 0.4) is 0 Å². The van der Waals surface area contributed by atoms with Gasteiger partial charge in [0.2, 0.25) is 0 Å². The van der Waals surface area contributed by atoms with E-state index >= 15 is 0 Å². The van der Waals surface area contributed by atoms with Gasteiger partial charge >= 0.3 is 0 Å². The zero-order valence-electron chi connectivity index (χ0n) is 19.1. The van der Waals surface area contributed by atoms with Crippen LogP contribution in [-0.4, -0.2) is 14.2 Å². The van der Waals surface area contributed by atoms with Gasteiger partial charge in [-0.05, 0) is 60.7 Å². The molecule has 0 aliphatic heterocycles. The molecule has 0 saturated heterocycles. The molecule has 162 valence electrons. The van der Waals surface area contributed by atoms with Crippen LogP contribution in [0, 0.1) is 35.5 Å². The summed E-state index contributed by atoms with van der Waals surface area (Å²) in [5.41, 5.74) is 5.23. The maximum absolute atomic E-state index is 5.46. The van der Waals surface area contributed by atoms with Crippen LogP contribution in [0.5, 0.6) is 11.5 Å². The number of hydrogen-bond acceptors (Lipinski definition) is 2. The smallest absolute Gasteiger partial charge is 0.121 e. The van der Waals surface area contributed by atoms with E-state index in [-0.39, 0.29) is 0 Å². The molecule has 0 amide bonds. The molecule has 0 spiro atoms. The third-order valence-corrected chi connectivity index (χ3v) is 4.89. The van der Waals surface area contributed by atoms with Gasteiger partial charge in [0.1, 0.15) is 11.5 Å². The quantitative estimate of drug-likeness (QED) is 0.363. The second-order valence-electron chi connectivity index (χ2n) is 7.38. The van der Waals surface area contributed by atoms with Crippen molar-refractivity contribution in [2.24, 2.45) is 0 Å². The third kappa shape index (κ3) is 6.34. The molecule has 0 saturated carbocycles. The van der Waals surface area contributed by atoms with Crippen molar-refractivity contribution in [2.45, 2.75) is 0 Å². The van der Waals surface area contributed by atoms with E-state index in [2.05, 4.69) is 35.5 Å². The number of rotatable bonds is 2. The lowest BCUT2D eigenvalue weighted by Gasteiger charge is -2.03. The number of ether oxygens (including phenoxy) is 2. The molecular weight excluding hydrogens is 416 g/mol. The minimum Gasteiger partial charge on any atom is -0.497 e. The van der Waals surface area contributed by atoms with E-state index in [0.29, 0.717) is 11.5 Å². The predicted octanol–water partition coefficient (Wildman–Crippen LogP) is 5.90. The van der Waals surface area contributed by atoms with Gasteiger partial charge in [-0.15, -0.1) is 0 Å². The Morgan fingerprint density at radius 2 is 0.676 bits per heavy atom. The molecule has 0 aliphatic rings. The second kappa shape index (κ2) is 11.2. The average molecular weight is 439 g/mol. The highest BCUT2D eigenvalue weighted by atomic mass is 16.5. The summed E-state index contributed by atoms with van der Waals surface area (Å²) in [5, 5.41) is 0. The molecule has 4 aromatic rings. The van der Waals surface area contributed by atoms with E-state index in [1.54, 1.807) is 14.2 Å². The first-order valence-corrected chi connectivity index (χ1v) is 10.8. The normalized spacial score (nSPS) is 9.35. The first-order chi connectivity index (χ1) is 16.7. The van der Waals surface area contributed by atoms with E-state index in [9.17, 15) is 0 Å². The Morgan fingerprint density at radius 3 is 0.971 bits per heavy atom. The van der Waals surface area contributed by atoms with Crippen molar-refractivity contribution in [3.05, 3.63) is 130 Å². The van der Waals surface area contributed by atoms with Gasteiger partial charge in [-0.1, -0.05) is 71.9 Å². The van der Waals surface area contributed by atoms with Crippen molar-refractivity contribution in [1.29, 1.82) is 0 Å². The van der Waals surface area contributed by atoms with E-state index in [1.807, 2.05) is 97.1 Å². The minimum atomic E-state index is 0.712. The first kappa shape index (κ1) is 22.4. The van der Waals surface area contributed by atoms with Crippen LogP contribution in [-0.2, 0) is 0 Å². The van der Waals surface area contributed by atoms with Gasteiger partial charge in [0.25, 0.3) is 0 Å². The van der Waals surface area contributed by atoms with Crippen LogP contribution < -0.4 is 9.47 Å². The molecule has 0 N–H and O–H groups in total. The van der Waals surface area contributed by atoms with Crippen molar-refractivity contribution in [3.8, 4) is 47.0 Å². The molecule has 34 heavy (non-hydrogen) atoms. The summed E-state index contributed by atoms with van der Waals surface area (Å²) in [6, 6.07) is 31.3. The van der Waals surface area contributed by atoms with Gasteiger partial charge in [-0.2, -0.15) is 0 Å². The summed E-state index contributed by atoms with van der Waals surface area (Å²) < 4.78 is 10.9. The summed E-state index contributed by atoms with van der Waals surface area (Å²) >= 11 is 0. The van der Waals surface area contributed by atoms with Gasteiger partial charge in [-0.25, -0.2) is 0 Å². The topological polar surface area (TPSA) is 18.5 Å². The molecule has 4 aromatic carbocycles. The summed E-state index contributed by atoms with van der Waals surface area (Å²) in [6.07, 6.45) is 0. The number of benzene rings is 4. The van der Waals surface area contributed by atoms with Crippen molar-refractivity contribution in [2.75, 3.05) is 14.2 Å². The lowest BCUT2D eigenvalue weighted by molar-refractivity contribution is 0.414. The highest BCUT2D eigenvalue weighted by molar-refractivity contribution is 5.55. The number of methoxy groups -OCH3 is 2. The molecule has 2 heteroatoms. The van der Waals surface area contributed by atoms with Gasteiger partial charge in [0, 0.05) is 33.4 Å². The second-order valence-corrected chi connectivity index (χ2v) is 7.38. The van der Waals surface area contributed by atoms with Gasteiger partial charge in [0.15, 0.2) is 0 Å². The summed E-state index contributed by atoms with van der Waals surface area (Å²) in [6.45, 7) is 0. The first-order valence-electron chi connectivity index (χ1n) is 10.8. The van der Waals surface area contributed by atoms with Crippen molar-refractivity contribution >= 4 is 0 Å². The molecule has 0 atom stereocenters. The standard InChI is InChI=1S/C32H22O2/c1-33-31-21-27(15-13-25-9-5-3-6-10-25)19-29(23-31)17-18-30-20-28(22-32(24-30)34-2)16-14-26-11-7-4-8-12-26/h3-12,19-24H,1-2H3. The highest BCUT2D eigenvalue weighted by Gasteiger charge is 2.00. The Kier molecular flexibility index (Phi) is 7.33.